The number of para-hydroxylation sites is 1. The lowest BCUT2D eigenvalue weighted by atomic mass is 9.77. The molecule has 0 spiro atoms. The molecule has 7 rings (SSSR count). The molecule has 7 aromatic rings. The molecule has 0 radical (unpaired) electrons. The lowest BCUT2D eigenvalue weighted by Gasteiger charge is -2.34. The van der Waals surface area contributed by atoms with Crippen molar-refractivity contribution >= 4 is 35.1 Å². The fourth-order valence-electron chi connectivity index (χ4n) is 6.98. The van der Waals surface area contributed by atoms with Crippen LogP contribution >= 0.6 is 0 Å². The lowest BCUT2D eigenvalue weighted by Crippen LogP contribution is -2.45. The van der Waals surface area contributed by atoms with Gasteiger partial charge >= 0.3 is 12.0 Å². The van der Waals surface area contributed by atoms with Gasteiger partial charge < -0.3 is 15.4 Å². The number of hydrogen-bond acceptors (Lipinski definition) is 8. The molecule has 0 aliphatic carbocycles. The number of hydrogen-bond donors (Lipinski definition) is 2. The molecule has 0 aliphatic heterocycles. The lowest BCUT2D eigenvalue weighted by molar-refractivity contribution is -0.153. The average Bonchev–Trinajstić information content (AvgIpc) is 3.76. The summed E-state index contributed by atoms with van der Waals surface area (Å²) in [6.07, 6.45) is 0. The standard InChI is InChI=1S/C48H43N7O5/c1-47(2,3)60-43(57)33-54(41-30-17-16-29-40(41)44(58)34-19-8-4-9-20-34)42(56)32-49-46(59)50-39-28-18-21-35(31-39)45-51-53-55(52-45)48(36-22-10-5-11-23-36,37-24-12-6-13-25-37)38-26-14-7-15-27-38/h4-31H,32-33H2,1-3H3,(H2,49,50,59). The number of amides is 3. The third-order valence-electron chi connectivity index (χ3n) is 9.55. The molecule has 0 aliphatic rings. The van der Waals surface area contributed by atoms with Gasteiger partial charge in [0, 0.05) is 22.4 Å². The van der Waals surface area contributed by atoms with Crippen LogP contribution in [0.5, 0.6) is 0 Å². The highest BCUT2D eigenvalue weighted by atomic mass is 16.6. The van der Waals surface area contributed by atoms with Crippen LogP contribution in [0.25, 0.3) is 11.4 Å². The van der Waals surface area contributed by atoms with Gasteiger partial charge in [0.1, 0.15) is 12.1 Å². The second-order valence-corrected chi connectivity index (χ2v) is 14.9. The maximum Gasteiger partial charge on any atom is 0.326 e. The van der Waals surface area contributed by atoms with E-state index < -0.39 is 42.1 Å². The number of ether oxygens (including phenoxy) is 1. The third-order valence-corrected chi connectivity index (χ3v) is 9.55. The smallest absolute Gasteiger partial charge is 0.326 e. The summed E-state index contributed by atoms with van der Waals surface area (Å²) in [5.74, 6) is -1.34. The SMILES string of the molecule is CC(C)(C)OC(=O)CN(C(=O)CNC(=O)Nc1cccc(-c2nnn(C(c3ccccc3)(c3ccccc3)c3ccccc3)n2)c1)c1ccccc1C(=O)c1ccccc1. The molecule has 2 N–H and O–H groups in total. The zero-order valence-corrected chi connectivity index (χ0v) is 33.4. The molecular formula is C48H43N7O5. The van der Waals surface area contributed by atoms with Crippen LogP contribution in [0.4, 0.5) is 16.2 Å². The van der Waals surface area contributed by atoms with Crippen molar-refractivity contribution in [3.8, 4) is 11.4 Å². The summed E-state index contributed by atoms with van der Waals surface area (Å²) in [4.78, 5) is 56.7. The zero-order valence-electron chi connectivity index (χ0n) is 33.4. The quantitative estimate of drug-likeness (QED) is 0.0680. The monoisotopic (exact) mass is 797 g/mol. The first-order valence-corrected chi connectivity index (χ1v) is 19.4. The number of urea groups is 1. The molecule has 3 amide bonds. The highest BCUT2D eigenvalue weighted by molar-refractivity contribution is 6.15. The largest absolute Gasteiger partial charge is 0.459 e. The Morgan fingerprint density at radius 2 is 1.22 bits per heavy atom. The second kappa shape index (κ2) is 17.8. The topological polar surface area (TPSA) is 148 Å². The van der Waals surface area contributed by atoms with Gasteiger partial charge in [0.25, 0.3) is 0 Å². The van der Waals surface area contributed by atoms with Crippen LogP contribution in [0.1, 0.15) is 53.4 Å². The first-order valence-electron chi connectivity index (χ1n) is 19.4. The average molecular weight is 798 g/mol. The van der Waals surface area contributed by atoms with Crippen molar-refractivity contribution in [2.24, 2.45) is 0 Å². The van der Waals surface area contributed by atoms with Gasteiger partial charge in [0.05, 0.1) is 12.2 Å². The van der Waals surface area contributed by atoms with E-state index in [9.17, 15) is 19.2 Å². The molecule has 0 saturated heterocycles. The Bertz CT molecular complexity index is 2500. The van der Waals surface area contributed by atoms with E-state index in [2.05, 4.69) is 20.9 Å². The number of aromatic nitrogens is 4. The van der Waals surface area contributed by atoms with Gasteiger partial charge in [-0.3, -0.25) is 19.3 Å². The number of rotatable bonds is 13. The maximum atomic E-state index is 13.9. The number of anilines is 2. The van der Waals surface area contributed by atoms with E-state index >= 15 is 0 Å². The van der Waals surface area contributed by atoms with Crippen LogP contribution in [0.2, 0.25) is 0 Å². The number of carbonyl (C=O) groups excluding carboxylic acids is 4. The van der Waals surface area contributed by atoms with E-state index in [-0.39, 0.29) is 17.0 Å². The Balaban J connectivity index is 1.12. The summed E-state index contributed by atoms with van der Waals surface area (Å²) in [6.45, 7) is 4.16. The minimum Gasteiger partial charge on any atom is -0.459 e. The molecule has 0 fully saturated rings. The molecule has 12 nitrogen and oxygen atoms in total. The third kappa shape index (κ3) is 9.03. The fraction of sp³-hybridized carbons (Fsp3) is 0.146. The molecule has 1 aromatic heterocycles. The van der Waals surface area contributed by atoms with Crippen molar-refractivity contribution in [2.45, 2.75) is 31.9 Å². The summed E-state index contributed by atoms with van der Waals surface area (Å²) in [6, 6.07) is 51.4. The molecule has 0 bridgehead atoms. The molecular weight excluding hydrogens is 755 g/mol. The van der Waals surface area contributed by atoms with Crippen LogP contribution in [0.15, 0.2) is 170 Å². The van der Waals surface area contributed by atoms with Crippen LogP contribution < -0.4 is 15.5 Å². The predicted molar refractivity (Wildman–Crippen MR) is 229 cm³/mol. The van der Waals surface area contributed by atoms with Crippen molar-refractivity contribution in [1.29, 1.82) is 0 Å². The Labute approximate surface area is 347 Å². The number of nitrogens with one attached hydrogen (secondary N) is 2. The second-order valence-electron chi connectivity index (χ2n) is 14.9. The van der Waals surface area contributed by atoms with Crippen molar-refractivity contribution in [1.82, 2.24) is 25.5 Å². The summed E-state index contributed by atoms with van der Waals surface area (Å²) >= 11 is 0. The van der Waals surface area contributed by atoms with Gasteiger partial charge in [0.2, 0.25) is 11.7 Å². The van der Waals surface area contributed by atoms with Crippen LogP contribution in [0, 0.1) is 0 Å². The van der Waals surface area contributed by atoms with Crippen molar-refractivity contribution in [3.05, 3.63) is 198 Å². The predicted octanol–water partition coefficient (Wildman–Crippen LogP) is 7.91. The summed E-state index contributed by atoms with van der Waals surface area (Å²) in [5.41, 5.74) is 2.82. The van der Waals surface area contributed by atoms with Crippen molar-refractivity contribution < 1.29 is 23.9 Å². The Kier molecular flexibility index (Phi) is 12.0. The fourth-order valence-corrected chi connectivity index (χ4v) is 6.98. The summed E-state index contributed by atoms with van der Waals surface area (Å²) in [5, 5.41) is 19.4. The molecule has 300 valence electrons. The molecule has 0 unspecified atom stereocenters. The van der Waals surface area contributed by atoms with Gasteiger partial charge in [-0.15, -0.1) is 15.0 Å². The Morgan fingerprint density at radius 3 is 1.80 bits per heavy atom. The van der Waals surface area contributed by atoms with E-state index in [1.54, 1.807) is 98.4 Å². The highest BCUT2D eigenvalue weighted by Crippen LogP contribution is 2.40. The van der Waals surface area contributed by atoms with Crippen LogP contribution in [-0.4, -0.2) is 62.6 Å². The van der Waals surface area contributed by atoms with Gasteiger partial charge in [-0.2, -0.15) is 0 Å². The van der Waals surface area contributed by atoms with Crippen LogP contribution in [-0.2, 0) is 19.9 Å². The molecule has 6 aromatic carbocycles. The summed E-state index contributed by atoms with van der Waals surface area (Å²) in [7, 11) is 0. The van der Waals surface area contributed by atoms with E-state index in [1.165, 1.54) is 0 Å². The number of benzene rings is 6. The van der Waals surface area contributed by atoms with Crippen molar-refractivity contribution in [3.63, 3.8) is 0 Å². The molecule has 0 atom stereocenters. The first-order chi connectivity index (χ1) is 29.0. The van der Waals surface area contributed by atoms with Crippen molar-refractivity contribution in [2.75, 3.05) is 23.3 Å². The number of nitrogens with zero attached hydrogens (tertiary/aromatic N) is 5. The highest BCUT2D eigenvalue weighted by Gasteiger charge is 2.41. The number of ketones is 1. The van der Waals surface area contributed by atoms with Gasteiger partial charge in [0.15, 0.2) is 11.3 Å². The zero-order chi connectivity index (χ0) is 42.1. The normalized spacial score (nSPS) is 11.3. The minimum absolute atomic E-state index is 0.202. The van der Waals surface area contributed by atoms with E-state index in [1.807, 2.05) is 97.1 Å². The van der Waals surface area contributed by atoms with E-state index in [4.69, 9.17) is 9.84 Å². The minimum atomic E-state index is -0.968. The Morgan fingerprint density at radius 1 is 0.667 bits per heavy atom. The summed E-state index contributed by atoms with van der Waals surface area (Å²) < 4.78 is 5.53. The number of carbonyl (C=O) groups is 4. The van der Waals surface area contributed by atoms with Gasteiger partial charge in [-0.05, 0) is 66.9 Å². The molecule has 60 heavy (non-hydrogen) atoms. The number of tetrazole rings is 1. The van der Waals surface area contributed by atoms with E-state index in [0.717, 1.165) is 21.6 Å². The first kappa shape index (κ1) is 40.5. The van der Waals surface area contributed by atoms with Gasteiger partial charge in [-0.1, -0.05) is 146 Å². The van der Waals surface area contributed by atoms with Gasteiger partial charge in [-0.25, -0.2) is 4.79 Å². The van der Waals surface area contributed by atoms with Crippen LogP contribution in [0.3, 0.4) is 0 Å². The Hall–Kier alpha value is -7.73. The van der Waals surface area contributed by atoms with E-state index in [0.29, 0.717) is 22.6 Å². The molecule has 12 heteroatoms. The number of esters is 1. The molecule has 0 saturated carbocycles. The molecule has 1 heterocycles. The maximum absolute atomic E-state index is 13.9.